The van der Waals surface area contributed by atoms with Gasteiger partial charge in [-0.15, -0.1) is 0 Å². The van der Waals surface area contributed by atoms with Gasteiger partial charge in [-0.3, -0.25) is 10.00 Å². The second-order valence-corrected chi connectivity index (χ2v) is 4.82. The third kappa shape index (κ3) is 3.53. The zero-order chi connectivity index (χ0) is 15.4. The third-order valence-corrected chi connectivity index (χ3v) is 3.44. The number of carbonyl (C=O) groups is 1. The average Bonchev–Trinajstić information content (AvgIpc) is 2.71. The van der Waals surface area contributed by atoms with Gasteiger partial charge in [0.1, 0.15) is 0 Å². The number of nitrogens with one attached hydrogen (secondary N) is 2. The minimum Gasteiger partial charge on any atom is -0.453 e. The van der Waals surface area contributed by atoms with E-state index < -0.39 is 6.09 Å². The molecule has 0 spiro atoms. The molecule has 6 nitrogen and oxygen atoms in total. The number of aryl methyl sites for hydroxylation is 2. The number of aromatic nitrogens is 2. The van der Waals surface area contributed by atoms with Gasteiger partial charge in [-0.1, -0.05) is 0 Å². The topological polar surface area (TPSA) is 68.2 Å². The summed E-state index contributed by atoms with van der Waals surface area (Å²) >= 11 is 0. The van der Waals surface area contributed by atoms with E-state index in [-0.39, 0.29) is 0 Å². The van der Waals surface area contributed by atoms with Gasteiger partial charge in [-0.05, 0) is 38.1 Å². The van der Waals surface area contributed by atoms with E-state index in [1.165, 1.54) is 12.7 Å². The molecule has 0 aliphatic carbocycles. The highest BCUT2D eigenvalue weighted by molar-refractivity contribution is 5.84. The Hall–Kier alpha value is -2.50. The number of rotatable bonds is 4. The van der Waals surface area contributed by atoms with Crippen molar-refractivity contribution >= 4 is 17.5 Å². The second-order valence-electron chi connectivity index (χ2n) is 4.82. The summed E-state index contributed by atoms with van der Waals surface area (Å²) in [5.41, 5.74) is 5.07. The van der Waals surface area contributed by atoms with Crippen molar-refractivity contribution in [3.8, 4) is 0 Å². The fourth-order valence-corrected chi connectivity index (χ4v) is 2.10. The van der Waals surface area contributed by atoms with Crippen LogP contribution in [0.3, 0.4) is 0 Å². The summed E-state index contributed by atoms with van der Waals surface area (Å²) < 4.78 is 6.43. The van der Waals surface area contributed by atoms with Gasteiger partial charge in [0.05, 0.1) is 12.8 Å². The van der Waals surface area contributed by atoms with E-state index in [9.17, 15) is 4.79 Å². The molecule has 1 heterocycles. The van der Waals surface area contributed by atoms with Crippen molar-refractivity contribution in [3.63, 3.8) is 0 Å². The number of hydrogen-bond donors (Lipinski definition) is 2. The largest absolute Gasteiger partial charge is 0.453 e. The number of anilines is 2. The Kier molecular flexibility index (Phi) is 4.47. The molecule has 0 bridgehead atoms. The zero-order valence-electron chi connectivity index (χ0n) is 12.7. The van der Waals surface area contributed by atoms with Crippen LogP contribution in [0.5, 0.6) is 0 Å². The Morgan fingerprint density at radius 2 is 1.86 bits per heavy atom. The van der Waals surface area contributed by atoms with E-state index in [1.54, 1.807) is 0 Å². The molecule has 0 radical (unpaired) electrons. The summed E-state index contributed by atoms with van der Waals surface area (Å²) in [5, 5.41) is 10.4. The first-order chi connectivity index (χ1) is 10.0. The third-order valence-electron chi connectivity index (χ3n) is 3.44. The Bertz CT molecular complexity index is 632. The van der Waals surface area contributed by atoms with Gasteiger partial charge in [0, 0.05) is 36.2 Å². The standard InChI is InChI=1S/C15H20N4O2/c1-10-14(11(2)19(3)18-10)9-16-12-5-7-13(8-6-12)17-15(20)21-4/h5-8,16H,9H2,1-4H3,(H,17,20). The van der Waals surface area contributed by atoms with Crippen LogP contribution < -0.4 is 10.6 Å². The highest BCUT2D eigenvalue weighted by atomic mass is 16.5. The van der Waals surface area contributed by atoms with E-state index in [0.717, 1.165) is 23.6 Å². The number of carbonyl (C=O) groups excluding carboxylic acids is 1. The molecule has 1 amide bonds. The highest BCUT2D eigenvalue weighted by Gasteiger charge is 2.08. The minimum atomic E-state index is -0.475. The van der Waals surface area contributed by atoms with Crippen molar-refractivity contribution in [1.29, 1.82) is 0 Å². The lowest BCUT2D eigenvalue weighted by Crippen LogP contribution is -2.10. The van der Waals surface area contributed by atoms with Crippen molar-refractivity contribution in [3.05, 3.63) is 41.2 Å². The molecule has 6 heteroatoms. The summed E-state index contributed by atoms with van der Waals surface area (Å²) in [4.78, 5) is 11.1. The smallest absolute Gasteiger partial charge is 0.411 e. The molecule has 0 aliphatic rings. The predicted molar refractivity (Wildman–Crippen MR) is 82.5 cm³/mol. The first-order valence-electron chi connectivity index (χ1n) is 6.69. The van der Waals surface area contributed by atoms with Crippen LogP contribution in [0, 0.1) is 13.8 Å². The SMILES string of the molecule is COC(=O)Nc1ccc(NCc2c(C)nn(C)c2C)cc1. The molecule has 0 saturated heterocycles. The van der Waals surface area contributed by atoms with E-state index >= 15 is 0 Å². The summed E-state index contributed by atoms with van der Waals surface area (Å²) in [7, 11) is 3.28. The normalized spacial score (nSPS) is 10.3. The fraction of sp³-hybridized carbons (Fsp3) is 0.333. The molecule has 0 unspecified atom stereocenters. The summed E-state index contributed by atoms with van der Waals surface area (Å²) in [5.74, 6) is 0. The Labute approximate surface area is 124 Å². The Morgan fingerprint density at radius 1 is 1.24 bits per heavy atom. The van der Waals surface area contributed by atoms with Crippen molar-refractivity contribution in [1.82, 2.24) is 9.78 Å². The van der Waals surface area contributed by atoms with Crippen molar-refractivity contribution in [2.24, 2.45) is 7.05 Å². The molecule has 2 rings (SSSR count). The number of ether oxygens (including phenoxy) is 1. The van der Waals surface area contributed by atoms with Gasteiger partial charge in [0.15, 0.2) is 0 Å². The van der Waals surface area contributed by atoms with Crippen LogP contribution in [-0.4, -0.2) is 23.0 Å². The van der Waals surface area contributed by atoms with Gasteiger partial charge in [0.2, 0.25) is 0 Å². The first-order valence-corrected chi connectivity index (χ1v) is 6.69. The number of nitrogens with zero attached hydrogens (tertiary/aromatic N) is 2. The molecule has 0 atom stereocenters. The van der Waals surface area contributed by atoms with Crippen LogP contribution in [0.2, 0.25) is 0 Å². The molecule has 0 saturated carbocycles. The maximum Gasteiger partial charge on any atom is 0.411 e. The van der Waals surface area contributed by atoms with Crippen LogP contribution in [-0.2, 0) is 18.3 Å². The van der Waals surface area contributed by atoms with E-state index in [0.29, 0.717) is 5.69 Å². The predicted octanol–water partition coefficient (Wildman–Crippen LogP) is 2.83. The quantitative estimate of drug-likeness (QED) is 0.907. The number of benzene rings is 1. The molecule has 0 aliphatic heterocycles. The first kappa shape index (κ1) is 14.9. The number of hydrogen-bond acceptors (Lipinski definition) is 4. The van der Waals surface area contributed by atoms with Gasteiger partial charge >= 0.3 is 6.09 Å². The van der Waals surface area contributed by atoms with E-state index in [1.807, 2.05) is 42.9 Å². The van der Waals surface area contributed by atoms with Gasteiger partial charge < -0.3 is 10.1 Å². The van der Waals surface area contributed by atoms with Gasteiger partial charge in [0.25, 0.3) is 0 Å². The van der Waals surface area contributed by atoms with Gasteiger partial charge in [-0.2, -0.15) is 5.10 Å². The van der Waals surface area contributed by atoms with Crippen LogP contribution in [0.4, 0.5) is 16.2 Å². The molecule has 21 heavy (non-hydrogen) atoms. The zero-order valence-corrected chi connectivity index (χ0v) is 12.7. The van der Waals surface area contributed by atoms with Crippen LogP contribution in [0.1, 0.15) is 17.0 Å². The molecule has 1 aromatic carbocycles. The molecule has 112 valence electrons. The summed E-state index contributed by atoms with van der Waals surface area (Å²) in [6.45, 7) is 4.78. The molecule has 2 N–H and O–H groups in total. The second kappa shape index (κ2) is 6.30. The maximum atomic E-state index is 11.1. The molecule has 1 aromatic heterocycles. The number of methoxy groups -OCH3 is 1. The molecule has 2 aromatic rings. The van der Waals surface area contributed by atoms with Gasteiger partial charge in [-0.25, -0.2) is 4.79 Å². The monoisotopic (exact) mass is 288 g/mol. The van der Waals surface area contributed by atoms with Crippen LogP contribution in [0.15, 0.2) is 24.3 Å². The lowest BCUT2D eigenvalue weighted by atomic mass is 10.2. The van der Waals surface area contributed by atoms with Crippen LogP contribution in [0.25, 0.3) is 0 Å². The highest BCUT2D eigenvalue weighted by Crippen LogP contribution is 2.17. The van der Waals surface area contributed by atoms with Crippen LogP contribution >= 0.6 is 0 Å². The molecule has 0 fully saturated rings. The number of amides is 1. The fourth-order valence-electron chi connectivity index (χ4n) is 2.10. The van der Waals surface area contributed by atoms with Crippen molar-refractivity contribution in [2.45, 2.75) is 20.4 Å². The average molecular weight is 288 g/mol. The minimum absolute atomic E-state index is 0.475. The summed E-state index contributed by atoms with van der Waals surface area (Å²) in [6, 6.07) is 7.46. The van der Waals surface area contributed by atoms with E-state index in [2.05, 4.69) is 27.4 Å². The molecular formula is C15H20N4O2. The Morgan fingerprint density at radius 3 is 2.38 bits per heavy atom. The molecular weight excluding hydrogens is 268 g/mol. The summed E-state index contributed by atoms with van der Waals surface area (Å²) in [6.07, 6.45) is -0.475. The van der Waals surface area contributed by atoms with Crippen molar-refractivity contribution in [2.75, 3.05) is 17.7 Å². The van der Waals surface area contributed by atoms with Crippen molar-refractivity contribution < 1.29 is 9.53 Å². The Balaban J connectivity index is 1.99. The lowest BCUT2D eigenvalue weighted by Gasteiger charge is -2.08. The maximum absolute atomic E-state index is 11.1. The lowest BCUT2D eigenvalue weighted by molar-refractivity contribution is 0.187. The van der Waals surface area contributed by atoms with E-state index in [4.69, 9.17) is 0 Å².